The van der Waals surface area contributed by atoms with Gasteiger partial charge in [-0.3, -0.25) is 9.59 Å². The zero-order chi connectivity index (χ0) is 23.5. The van der Waals surface area contributed by atoms with Crippen molar-refractivity contribution in [3.63, 3.8) is 0 Å². The molecule has 5 rings (SSSR count). The number of nitrogens with one attached hydrogen (secondary N) is 1. The molecule has 0 unspecified atom stereocenters. The van der Waals surface area contributed by atoms with E-state index in [2.05, 4.69) is 5.32 Å². The summed E-state index contributed by atoms with van der Waals surface area (Å²) in [5, 5.41) is 2.24. The number of nitrogens with zero attached hydrogens (tertiary/aromatic N) is 1. The van der Waals surface area contributed by atoms with Gasteiger partial charge in [0.1, 0.15) is 0 Å². The van der Waals surface area contributed by atoms with E-state index in [1.165, 1.54) is 28.7 Å². The number of alkyl halides is 2. The van der Waals surface area contributed by atoms with Gasteiger partial charge >= 0.3 is 0 Å². The Kier molecular flexibility index (Phi) is 5.06. The number of halogens is 2. The van der Waals surface area contributed by atoms with Gasteiger partial charge in [0.25, 0.3) is 11.8 Å². The normalized spacial score (nSPS) is 25.2. The molecule has 33 heavy (non-hydrogen) atoms. The van der Waals surface area contributed by atoms with E-state index < -0.39 is 51.8 Å². The molecule has 3 aliphatic rings. The first-order valence-electron chi connectivity index (χ1n) is 10.8. The van der Waals surface area contributed by atoms with E-state index in [9.17, 15) is 26.8 Å². The van der Waals surface area contributed by atoms with Crippen molar-refractivity contribution in [3.05, 3.63) is 59.2 Å². The fourth-order valence-corrected chi connectivity index (χ4v) is 5.68. The summed E-state index contributed by atoms with van der Waals surface area (Å²) in [5.41, 5.74) is 7.93. The van der Waals surface area contributed by atoms with Crippen molar-refractivity contribution in [2.45, 2.75) is 54.6 Å². The second-order valence-corrected chi connectivity index (χ2v) is 11.0. The molecule has 1 aliphatic heterocycles. The van der Waals surface area contributed by atoms with Crippen LogP contribution in [0.5, 0.6) is 0 Å². The number of hydrogen-bond donors (Lipinski definition) is 2. The maximum atomic E-state index is 13.2. The zero-order valence-corrected chi connectivity index (χ0v) is 18.4. The molecule has 0 radical (unpaired) electrons. The molecule has 10 heteroatoms. The van der Waals surface area contributed by atoms with E-state index in [-0.39, 0.29) is 22.7 Å². The van der Waals surface area contributed by atoms with E-state index in [0.29, 0.717) is 5.92 Å². The average Bonchev–Trinajstić information content (AvgIpc) is 3.69. The Hall–Kier alpha value is -2.85. The number of nitrogens with two attached hydrogens (primary N) is 1. The van der Waals surface area contributed by atoms with Crippen molar-refractivity contribution >= 4 is 27.3 Å². The first-order chi connectivity index (χ1) is 15.5. The number of carbonyl (C=O) groups excluding carboxylic acids is 2. The lowest BCUT2D eigenvalue weighted by Crippen LogP contribution is -2.45. The van der Waals surface area contributed by atoms with Crippen molar-refractivity contribution < 1.29 is 26.8 Å². The number of amides is 2. The Bertz CT molecular complexity index is 1240. The Morgan fingerprint density at radius 1 is 1.15 bits per heavy atom. The molecule has 0 bridgehead atoms. The molecule has 2 amide bonds. The van der Waals surface area contributed by atoms with Gasteiger partial charge in [0.2, 0.25) is 5.91 Å². The van der Waals surface area contributed by atoms with Gasteiger partial charge in [-0.2, -0.15) is 0 Å². The highest BCUT2D eigenvalue weighted by Gasteiger charge is 2.58. The van der Waals surface area contributed by atoms with E-state index >= 15 is 0 Å². The Labute approximate surface area is 189 Å². The maximum absolute atomic E-state index is 13.2. The number of anilines is 1. The maximum Gasteiger partial charge on any atom is 0.270 e. The average molecular weight is 476 g/mol. The molecule has 3 N–H and O–H groups in total. The topological polar surface area (TPSA) is 110 Å². The van der Waals surface area contributed by atoms with Gasteiger partial charge in [0.05, 0.1) is 35.0 Å². The van der Waals surface area contributed by atoms with Crippen LogP contribution in [-0.4, -0.2) is 44.0 Å². The quantitative estimate of drug-likeness (QED) is 0.690. The van der Waals surface area contributed by atoms with Gasteiger partial charge in [-0.05, 0) is 48.1 Å². The van der Waals surface area contributed by atoms with E-state index in [4.69, 9.17) is 5.73 Å². The highest BCUT2D eigenvalue weighted by atomic mass is 32.2. The largest absolute Gasteiger partial charge is 0.343 e. The molecule has 0 spiro atoms. The monoisotopic (exact) mass is 475 g/mol. The van der Waals surface area contributed by atoms with E-state index in [0.717, 1.165) is 18.4 Å². The summed E-state index contributed by atoms with van der Waals surface area (Å²) in [4.78, 5) is 26.7. The number of fused-ring (bicyclic) bond motifs is 1. The standard InChI is InChI=1S/C23H23F2N3O4S/c24-23(25)10-20(23)27-21(29)16-7-8-19-18(9-16)28(22(30)17(26)12-33(19,31)32)11-13-1-3-14(4-2-13)15-5-6-15/h1-4,7-9,15,17,20H,5-6,10-12,26H2,(H,27,29)/t17-,20+/m0/s1. The van der Waals surface area contributed by atoms with Crippen LogP contribution in [0.1, 0.15) is 46.7 Å². The minimum atomic E-state index is -3.91. The number of hydrogen-bond acceptors (Lipinski definition) is 5. The van der Waals surface area contributed by atoms with Crippen LogP contribution in [0.3, 0.4) is 0 Å². The number of sulfone groups is 1. The molecule has 2 aliphatic carbocycles. The highest BCUT2D eigenvalue weighted by Crippen LogP contribution is 2.42. The Morgan fingerprint density at radius 3 is 2.42 bits per heavy atom. The van der Waals surface area contributed by atoms with Crippen LogP contribution in [0, 0.1) is 0 Å². The third-order valence-corrected chi connectivity index (χ3v) is 8.14. The van der Waals surface area contributed by atoms with Crippen molar-refractivity contribution in [3.8, 4) is 0 Å². The summed E-state index contributed by atoms with van der Waals surface area (Å²) < 4.78 is 52.2. The second-order valence-electron chi connectivity index (χ2n) is 9.00. The second kappa shape index (κ2) is 7.59. The molecule has 174 valence electrons. The van der Waals surface area contributed by atoms with Crippen molar-refractivity contribution in [1.29, 1.82) is 0 Å². The third kappa shape index (κ3) is 4.24. The summed E-state index contributed by atoms with van der Waals surface area (Å²) >= 11 is 0. The SMILES string of the molecule is N[C@H]1CS(=O)(=O)c2ccc(C(=O)N[C@@H]3CC3(F)F)cc2N(Cc2ccc(C3CC3)cc2)C1=O. The number of carbonyl (C=O) groups is 2. The van der Waals surface area contributed by atoms with Crippen LogP contribution in [-0.2, 0) is 21.2 Å². The third-order valence-electron chi connectivity index (χ3n) is 6.33. The molecule has 2 aromatic carbocycles. The van der Waals surface area contributed by atoms with Gasteiger partial charge in [0.15, 0.2) is 9.84 Å². The highest BCUT2D eigenvalue weighted by molar-refractivity contribution is 7.91. The van der Waals surface area contributed by atoms with E-state index in [1.54, 1.807) is 0 Å². The van der Waals surface area contributed by atoms with Crippen LogP contribution in [0.2, 0.25) is 0 Å². The van der Waals surface area contributed by atoms with Crippen molar-refractivity contribution in [2.75, 3.05) is 10.7 Å². The van der Waals surface area contributed by atoms with Crippen LogP contribution in [0.15, 0.2) is 47.4 Å². The molecule has 7 nitrogen and oxygen atoms in total. The fraction of sp³-hybridized carbons (Fsp3) is 0.391. The lowest BCUT2D eigenvalue weighted by molar-refractivity contribution is -0.119. The van der Waals surface area contributed by atoms with Crippen molar-refractivity contribution in [2.24, 2.45) is 5.73 Å². The smallest absolute Gasteiger partial charge is 0.270 e. The zero-order valence-electron chi connectivity index (χ0n) is 17.6. The van der Waals surface area contributed by atoms with Crippen LogP contribution in [0.4, 0.5) is 14.5 Å². The molecular weight excluding hydrogens is 452 g/mol. The fourth-order valence-electron chi connectivity index (χ4n) is 4.12. The molecule has 0 aromatic heterocycles. The minimum absolute atomic E-state index is 0.0102. The van der Waals surface area contributed by atoms with Crippen molar-refractivity contribution in [1.82, 2.24) is 5.32 Å². The number of benzene rings is 2. The van der Waals surface area contributed by atoms with Gasteiger partial charge < -0.3 is 16.0 Å². The van der Waals surface area contributed by atoms with E-state index in [1.807, 2.05) is 24.3 Å². The lowest BCUT2D eigenvalue weighted by Gasteiger charge is -2.24. The van der Waals surface area contributed by atoms with Gasteiger partial charge in [-0.15, -0.1) is 0 Å². The Balaban J connectivity index is 1.50. The predicted octanol–water partition coefficient (Wildman–Crippen LogP) is 2.35. The summed E-state index contributed by atoms with van der Waals surface area (Å²) in [6.45, 7) is 0.0613. The van der Waals surface area contributed by atoms with Gasteiger partial charge in [-0.1, -0.05) is 24.3 Å². The summed E-state index contributed by atoms with van der Waals surface area (Å²) in [7, 11) is -3.91. The molecule has 2 fully saturated rings. The molecule has 2 atom stereocenters. The van der Waals surface area contributed by atoms with Crippen LogP contribution < -0.4 is 16.0 Å². The lowest BCUT2D eigenvalue weighted by atomic mass is 10.1. The van der Waals surface area contributed by atoms with Gasteiger partial charge in [-0.25, -0.2) is 17.2 Å². The molecule has 2 aromatic rings. The summed E-state index contributed by atoms with van der Waals surface area (Å²) in [5.74, 6) is -4.28. The predicted molar refractivity (Wildman–Crippen MR) is 117 cm³/mol. The molecular formula is C23H23F2N3O4S. The van der Waals surface area contributed by atoms with Crippen LogP contribution >= 0.6 is 0 Å². The number of rotatable bonds is 5. The molecule has 1 heterocycles. The van der Waals surface area contributed by atoms with Gasteiger partial charge in [0, 0.05) is 12.0 Å². The Morgan fingerprint density at radius 2 is 1.82 bits per heavy atom. The first-order valence-corrected chi connectivity index (χ1v) is 12.4. The summed E-state index contributed by atoms with van der Waals surface area (Å²) in [6, 6.07) is 9.00. The molecule has 0 saturated heterocycles. The van der Waals surface area contributed by atoms with Crippen LogP contribution in [0.25, 0.3) is 0 Å². The summed E-state index contributed by atoms with van der Waals surface area (Å²) in [6.07, 6.45) is 1.87. The first kappa shape index (κ1) is 22.0. The molecule has 2 saturated carbocycles. The minimum Gasteiger partial charge on any atom is -0.343 e.